The van der Waals surface area contributed by atoms with Crippen LogP contribution >= 0.6 is 0 Å². The zero-order valence-corrected chi connectivity index (χ0v) is 10.4. The highest BCUT2D eigenvalue weighted by Crippen LogP contribution is 2.32. The van der Waals surface area contributed by atoms with E-state index in [2.05, 4.69) is 13.8 Å². The first kappa shape index (κ1) is 12.7. The third-order valence-electron chi connectivity index (χ3n) is 3.57. The van der Waals surface area contributed by atoms with Crippen LogP contribution in [0.25, 0.3) is 0 Å². The van der Waals surface area contributed by atoms with E-state index < -0.39 is 22.0 Å². The molecule has 5 atom stereocenters. The van der Waals surface area contributed by atoms with Crippen LogP contribution in [0.2, 0.25) is 0 Å². The molecule has 3 nitrogen and oxygen atoms in total. The molecule has 0 aromatic carbocycles. The lowest BCUT2D eigenvalue weighted by Crippen LogP contribution is -2.35. The lowest BCUT2D eigenvalue weighted by atomic mass is 9.81. The predicted octanol–water partition coefficient (Wildman–Crippen LogP) is 2.03. The molecule has 0 aliphatic heterocycles. The molecule has 0 radical (unpaired) electrons. The summed E-state index contributed by atoms with van der Waals surface area (Å²) < 4.78 is 11.9. The summed E-state index contributed by atoms with van der Waals surface area (Å²) in [5, 5.41) is 8.17. The van der Waals surface area contributed by atoms with Crippen molar-refractivity contribution in [2.24, 2.45) is 11.8 Å². The summed E-state index contributed by atoms with van der Waals surface area (Å²) in [6.07, 6.45) is 2.89. The average molecular weight is 232 g/mol. The van der Waals surface area contributed by atoms with E-state index in [1.807, 2.05) is 0 Å². The fourth-order valence-corrected chi connectivity index (χ4v) is 3.73. The average Bonchev–Trinajstić information content (AvgIpc) is 2.19. The Morgan fingerprint density at radius 1 is 1.33 bits per heavy atom. The van der Waals surface area contributed by atoms with Crippen molar-refractivity contribution in [3.8, 4) is 0 Å². The van der Waals surface area contributed by atoms with Crippen molar-refractivity contribution < 1.29 is 14.1 Å². The minimum Gasteiger partial charge on any atom is -0.480 e. The molecule has 4 heteroatoms. The fraction of sp³-hybridized carbons (Fsp3) is 0.909. The minimum atomic E-state index is -1.22. The summed E-state index contributed by atoms with van der Waals surface area (Å²) in [5.74, 6) is 0.298. The predicted molar refractivity (Wildman–Crippen MR) is 61.2 cm³/mol. The van der Waals surface area contributed by atoms with Gasteiger partial charge in [-0.1, -0.05) is 13.8 Å². The van der Waals surface area contributed by atoms with Crippen LogP contribution in [0, 0.1) is 11.8 Å². The van der Waals surface area contributed by atoms with Gasteiger partial charge in [-0.15, -0.1) is 0 Å². The van der Waals surface area contributed by atoms with Crippen LogP contribution in [-0.4, -0.2) is 25.8 Å². The van der Waals surface area contributed by atoms with Gasteiger partial charge in [-0.3, -0.25) is 9.00 Å². The maximum Gasteiger partial charge on any atom is 0.318 e. The molecule has 5 unspecified atom stereocenters. The number of aliphatic carboxylic acids is 1. The van der Waals surface area contributed by atoms with Gasteiger partial charge in [0, 0.05) is 16.0 Å². The summed E-state index contributed by atoms with van der Waals surface area (Å²) in [7, 11) is -1.22. The Kier molecular flexibility index (Phi) is 4.32. The Hall–Kier alpha value is -0.380. The van der Waals surface area contributed by atoms with Gasteiger partial charge in [0.15, 0.2) is 0 Å². The number of carboxylic acid groups (broad SMARTS) is 1. The van der Waals surface area contributed by atoms with E-state index in [4.69, 9.17) is 5.11 Å². The van der Waals surface area contributed by atoms with Gasteiger partial charge in [0.25, 0.3) is 0 Å². The third-order valence-corrected chi connectivity index (χ3v) is 5.56. The normalized spacial score (nSPS) is 35.8. The molecule has 1 aliphatic carbocycles. The van der Waals surface area contributed by atoms with Crippen LogP contribution in [0.15, 0.2) is 0 Å². The van der Waals surface area contributed by atoms with E-state index in [0.29, 0.717) is 11.8 Å². The van der Waals surface area contributed by atoms with Crippen molar-refractivity contribution in [1.29, 1.82) is 0 Å². The minimum absolute atomic E-state index is 0.0855. The van der Waals surface area contributed by atoms with Crippen LogP contribution in [0.3, 0.4) is 0 Å². The molecular formula is C11H20O3S. The lowest BCUT2D eigenvalue weighted by molar-refractivity contribution is -0.136. The Morgan fingerprint density at radius 2 is 1.93 bits per heavy atom. The number of carbonyl (C=O) groups is 1. The zero-order valence-electron chi connectivity index (χ0n) is 9.60. The summed E-state index contributed by atoms with van der Waals surface area (Å²) in [5.41, 5.74) is 0. The molecule has 0 amide bonds. The first-order chi connectivity index (χ1) is 6.93. The largest absolute Gasteiger partial charge is 0.480 e. The van der Waals surface area contributed by atoms with Crippen molar-refractivity contribution in [1.82, 2.24) is 0 Å². The molecule has 88 valence electrons. The molecule has 0 bridgehead atoms. The van der Waals surface area contributed by atoms with Crippen LogP contribution in [0.1, 0.15) is 40.0 Å². The highest BCUT2D eigenvalue weighted by molar-refractivity contribution is 7.87. The molecule has 1 aliphatic rings. The highest BCUT2D eigenvalue weighted by atomic mass is 32.2. The molecule has 0 heterocycles. The van der Waals surface area contributed by atoms with Gasteiger partial charge < -0.3 is 5.11 Å². The lowest BCUT2D eigenvalue weighted by Gasteiger charge is -2.32. The SMILES string of the molecule is CC1CCC(S(=O)C(C)C(=O)O)CC1C. The first-order valence-electron chi connectivity index (χ1n) is 5.55. The van der Waals surface area contributed by atoms with Gasteiger partial charge >= 0.3 is 5.97 Å². The Balaban J connectivity index is 2.58. The molecular weight excluding hydrogens is 212 g/mol. The van der Waals surface area contributed by atoms with Gasteiger partial charge in [0.1, 0.15) is 5.25 Å². The molecule has 0 spiro atoms. The third kappa shape index (κ3) is 3.03. The van der Waals surface area contributed by atoms with Crippen LogP contribution in [0.4, 0.5) is 0 Å². The molecule has 1 saturated carbocycles. The van der Waals surface area contributed by atoms with Gasteiger partial charge in [-0.05, 0) is 38.0 Å². The van der Waals surface area contributed by atoms with Gasteiger partial charge in [0.2, 0.25) is 0 Å². The second-order valence-corrected chi connectivity index (χ2v) is 6.73. The number of carboxylic acids is 1. The quantitative estimate of drug-likeness (QED) is 0.810. The van der Waals surface area contributed by atoms with Gasteiger partial charge in [-0.25, -0.2) is 0 Å². The molecule has 1 N–H and O–H groups in total. The molecule has 0 aromatic heterocycles. The zero-order chi connectivity index (χ0) is 11.6. The van der Waals surface area contributed by atoms with Crippen LogP contribution in [-0.2, 0) is 15.6 Å². The van der Waals surface area contributed by atoms with E-state index in [1.54, 1.807) is 6.92 Å². The molecule has 0 aromatic rings. The maximum atomic E-state index is 11.9. The summed E-state index contributed by atoms with van der Waals surface area (Å²) in [4.78, 5) is 10.7. The Bertz CT molecular complexity index is 265. The topological polar surface area (TPSA) is 54.4 Å². The van der Waals surface area contributed by atoms with Crippen molar-refractivity contribution in [2.75, 3.05) is 0 Å². The van der Waals surface area contributed by atoms with E-state index in [9.17, 15) is 9.00 Å². The second-order valence-electron chi connectivity index (χ2n) is 4.70. The number of hydrogen-bond donors (Lipinski definition) is 1. The van der Waals surface area contributed by atoms with Crippen LogP contribution < -0.4 is 0 Å². The van der Waals surface area contributed by atoms with Crippen molar-refractivity contribution >= 4 is 16.8 Å². The molecule has 1 fully saturated rings. The van der Waals surface area contributed by atoms with E-state index in [1.165, 1.54) is 0 Å². The monoisotopic (exact) mass is 232 g/mol. The summed E-state index contributed by atoms with van der Waals surface area (Å²) in [6, 6.07) is 0. The first-order valence-corrected chi connectivity index (χ1v) is 6.83. The summed E-state index contributed by atoms with van der Waals surface area (Å²) >= 11 is 0. The number of rotatable bonds is 3. The Labute approximate surface area is 93.7 Å². The van der Waals surface area contributed by atoms with Crippen molar-refractivity contribution in [3.63, 3.8) is 0 Å². The van der Waals surface area contributed by atoms with Gasteiger partial charge in [0.05, 0.1) is 0 Å². The fourth-order valence-electron chi connectivity index (χ4n) is 2.10. The van der Waals surface area contributed by atoms with Crippen LogP contribution in [0.5, 0.6) is 0 Å². The van der Waals surface area contributed by atoms with Gasteiger partial charge in [-0.2, -0.15) is 0 Å². The highest BCUT2D eigenvalue weighted by Gasteiger charge is 2.32. The van der Waals surface area contributed by atoms with Crippen molar-refractivity contribution in [3.05, 3.63) is 0 Å². The number of hydrogen-bond acceptors (Lipinski definition) is 2. The molecule has 15 heavy (non-hydrogen) atoms. The molecule has 0 saturated heterocycles. The smallest absolute Gasteiger partial charge is 0.318 e. The van der Waals surface area contributed by atoms with Crippen molar-refractivity contribution in [2.45, 2.75) is 50.5 Å². The maximum absolute atomic E-state index is 11.9. The standard InChI is InChI=1S/C11H20O3S/c1-7-4-5-10(6-8(7)2)15(14)9(3)11(12)13/h7-10H,4-6H2,1-3H3,(H,12,13). The molecule has 1 rings (SSSR count). The van der Waals surface area contributed by atoms with E-state index >= 15 is 0 Å². The van der Waals surface area contributed by atoms with E-state index in [0.717, 1.165) is 19.3 Å². The second kappa shape index (κ2) is 5.10. The Morgan fingerprint density at radius 3 is 2.40 bits per heavy atom. The van der Waals surface area contributed by atoms with E-state index in [-0.39, 0.29) is 5.25 Å². The summed E-state index contributed by atoms with van der Waals surface area (Å²) in [6.45, 7) is 5.92.